The van der Waals surface area contributed by atoms with Gasteiger partial charge in [-0.15, -0.1) is 0 Å². The Hall–Kier alpha value is -1.55. The molecule has 23 heavy (non-hydrogen) atoms. The van der Waals surface area contributed by atoms with Crippen molar-refractivity contribution in [2.45, 2.75) is 64.0 Å². The van der Waals surface area contributed by atoms with E-state index in [9.17, 15) is 9.90 Å². The Labute approximate surface area is 139 Å². The van der Waals surface area contributed by atoms with E-state index in [1.165, 1.54) is 12.8 Å². The van der Waals surface area contributed by atoms with Gasteiger partial charge < -0.3 is 15.3 Å². The van der Waals surface area contributed by atoms with Crippen molar-refractivity contribution in [2.24, 2.45) is 0 Å². The molecule has 4 heteroatoms. The summed E-state index contributed by atoms with van der Waals surface area (Å²) in [7, 11) is 0. The number of aliphatic hydroxyl groups excluding tert-OH is 1. The number of aliphatic hydroxyl groups is 1. The standard InChI is InChI=1S/C19H30N2O2/c1-3-21(18-11-7-8-12-18)19(23)20-14-17(13-15(2)22)16-9-5-4-6-10-16/h4-6,9-10,15,17-18,22H,3,7-8,11-14H2,1-2H3,(H,20,23). The highest BCUT2D eigenvalue weighted by molar-refractivity contribution is 5.74. The molecule has 2 unspecified atom stereocenters. The Morgan fingerprint density at radius 2 is 1.96 bits per heavy atom. The van der Waals surface area contributed by atoms with Gasteiger partial charge in [0.1, 0.15) is 0 Å². The van der Waals surface area contributed by atoms with Gasteiger partial charge in [-0.2, -0.15) is 0 Å². The zero-order valence-electron chi connectivity index (χ0n) is 14.4. The summed E-state index contributed by atoms with van der Waals surface area (Å²) in [6.45, 7) is 5.16. The third-order valence-corrected chi connectivity index (χ3v) is 4.76. The van der Waals surface area contributed by atoms with E-state index < -0.39 is 0 Å². The van der Waals surface area contributed by atoms with E-state index in [-0.39, 0.29) is 18.1 Å². The first-order valence-electron chi connectivity index (χ1n) is 8.89. The lowest BCUT2D eigenvalue weighted by Gasteiger charge is -2.29. The maximum Gasteiger partial charge on any atom is 0.317 e. The second-order valence-electron chi connectivity index (χ2n) is 6.60. The van der Waals surface area contributed by atoms with Gasteiger partial charge in [-0.3, -0.25) is 0 Å². The van der Waals surface area contributed by atoms with Gasteiger partial charge in [0.25, 0.3) is 0 Å². The lowest BCUT2D eigenvalue weighted by molar-refractivity contribution is 0.166. The molecular weight excluding hydrogens is 288 g/mol. The molecule has 1 aromatic carbocycles. The Kier molecular flexibility index (Phi) is 6.90. The van der Waals surface area contributed by atoms with Crippen molar-refractivity contribution >= 4 is 6.03 Å². The maximum atomic E-state index is 12.5. The van der Waals surface area contributed by atoms with Crippen LogP contribution in [-0.2, 0) is 0 Å². The molecule has 1 aliphatic carbocycles. The van der Waals surface area contributed by atoms with Crippen LogP contribution < -0.4 is 5.32 Å². The molecule has 0 heterocycles. The zero-order chi connectivity index (χ0) is 16.7. The number of amides is 2. The molecular formula is C19H30N2O2. The molecule has 1 saturated carbocycles. The predicted octanol–water partition coefficient (Wildman–Crippen LogP) is 3.52. The number of carbonyl (C=O) groups excluding carboxylic acids is 1. The van der Waals surface area contributed by atoms with Gasteiger partial charge in [0, 0.05) is 25.0 Å². The van der Waals surface area contributed by atoms with E-state index in [0.29, 0.717) is 19.0 Å². The number of nitrogens with one attached hydrogen (secondary N) is 1. The Balaban J connectivity index is 1.95. The summed E-state index contributed by atoms with van der Waals surface area (Å²) in [6.07, 6.45) is 4.97. The molecule has 2 rings (SSSR count). The smallest absolute Gasteiger partial charge is 0.317 e. The predicted molar refractivity (Wildman–Crippen MR) is 93.5 cm³/mol. The van der Waals surface area contributed by atoms with Crippen molar-refractivity contribution in [3.8, 4) is 0 Å². The van der Waals surface area contributed by atoms with E-state index in [1.54, 1.807) is 6.92 Å². The van der Waals surface area contributed by atoms with Crippen molar-refractivity contribution in [1.82, 2.24) is 10.2 Å². The number of benzene rings is 1. The Bertz CT molecular complexity index is 470. The molecule has 128 valence electrons. The van der Waals surface area contributed by atoms with Crippen molar-refractivity contribution in [3.63, 3.8) is 0 Å². The normalized spacial score (nSPS) is 17.7. The number of hydrogen-bond donors (Lipinski definition) is 2. The van der Waals surface area contributed by atoms with Crippen molar-refractivity contribution < 1.29 is 9.90 Å². The van der Waals surface area contributed by atoms with Gasteiger partial charge in [0.2, 0.25) is 0 Å². The molecule has 0 spiro atoms. The summed E-state index contributed by atoms with van der Waals surface area (Å²) in [4.78, 5) is 14.5. The second-order valence-corrected chi connectivity index (χ2v) is 6.60. The first kappa shape index (κ1) is 17.8. The molecule has 1 aromatic rings. The molecule has 2 atom stereocenters. The van der Waals surface area contributed by atoms with Crippen LogP contribution in [0.3, 0.4) is 0 Å². The Morgan fingerprint density at radius 3 is 2.52 bits per heavy atom. The second kappa shape index (κ2) is 8.92. The molecule has 1 aliphatic rings. The van der Waals surface area contributed by atoms with Crippen molar-refractivity contribution in [1.29, 1.82) is 0 Å². The van der Waals surface area contributed by atoms with E-state index in [4.69, 9.17) is 0 Å². The minimum Gasteiger partial charge on any atom is -0.393 e. The van der Waals surface area contributed by atoms with E-state index in [0.717, 1.165) is 24.9 Å². The highest BCUT2D eigenvalue weighted by Gasteiger charge is 2.26. The molecule has 0 aromatic heterocycles. The summed E-state index contributed by atoms with van der Waals surface area (Å²) in [5.41, 5.74) is 1.16. The molecule has 0 aliphatic heterocycles. The average molecular weight is 318 g/mol. The van der Waals surface area contributed by atoms with Crippen LogP contribution >= 0.6 is 0 Å². The first-order valence-corrected chi connectivity index (χ1v) is 8.89. The number of urea groups is 1. The van der Waals surface area contributed by atoms with Crippen LogP contribution in [0, 0.1) is 0 Å². The van der Waals surface area contributed by atoms with E-state index in [2.05, 4.69) is 17.4 Å². The number of carbonyl (C=O) groups is 1. The van der Waals surface area contributed by atoms with Crippen molar-refractivity contribution in [2.75, 3.05) is 13.1 Å². The van der Waals surface area contributed by atoms with Crippen LogP contribution in [-0.4, -0.2) is 41.3 Å². The molecule has 0 saturated heterocycles. The van der Waals surface area contributed by atoms with Gasteiger partial charge in [-0.25, -0.2) is 4.79 Å². The highest BCUT2D eigenvalue weighted by atomic mass is 16.3. The summed E-state index contributed by atoms with van der Waals surface area (Å²) in [6, 6.07) is 10.5. The number of hydrogen-bond acceptors (Lipinski definition) is 2. The molecule has 0 radical (unpaired) electrons. The van der Waals surface area contributed by atoms with Gasteiger partial charge >= 0.3 is 6.03 Å². The maximum absolute atomic E-state index is 12.5. The third kappa shape index (κ3) is 5.24. The van der Waals surface area contributed by atoms with Gasteiger partial charge in [0.15, 0.2) is 0 Å². The van der Waals surface area contributed by atoms with Crippen LogP contribution in [0.4, 0.5) is 4.79 Å². The summed E-state index contributed by atoms with van der Waals surface area (Å²) < 4.78 is 0. The molecule has 2 amide bonds. The largest absolute Gasteiger partial charge is 0.393 e. The fraction of sp³-hybridized carbons (Fsp3) is 0.632. The topological polar surface area (TPSA) is 52.6 Å². The third-order valence-electron chi connectivity index (χ3n) is 4.76. The summed E-state index contributed by atoms with van der Waals surface area (Å²) in [5, 5.41) is 12.8. The number of nitrogens with zero attached hydrogens (tertiary/aromatic N) is 1. The van der Waals surface area contributed by atoms with Crippen LogP contribution in [0.5, 0.6) is 0 Å². The van der Waals surface area contributed by atoms with Gasteiger partial charge in [0.05, 0.1) is 6.10 Å². The molecule has 4 nitrogen and oxygen atoms in total. The highest BCUT2D eigenvalue weighted by Crippen LogP contribution is 2.24. The summed E-state index contributed by atoms with van der Waals surface area (Å²) >= 11 is 0. The van der Waals surface area contributed by atoms with E-state index >= 15 is 0 Å². The first-order chi connectivity index (χ1) is 11.1. The van der Waals surface area contributed by atoms with Gasteiger partial charge in [-0.05, 0) is 38.7 Å². The minimum absolute atomic E-state index is 0.0333. The Morgan fingerprint density at radius 1 is 1.30 bits per heavy atom. The lowest BCUT2D eigenvalue weighted by atomic mass is 9.93. The van der Waals surface area contributed by atoms with Crippen LogP contribution in [0.15, 0.2) is 30.3 Å². The number of rotatable bonds is 7. The van der Waals surface area contributed by atoms with Gasteiger partial charge in [-0.1, -0.05) is 43.2 Å². The van der Waals surface area contributed by atoms with Crippen molar-refractivity contribution in [3.05, 3.63) is 35.9 Å². The minimum atomic E-state index is -0.380. The van der Waals surface area contributed by atoms with Crippen LogP contribution in [0.25, 0.3) is 0 Å². The fourth-order valence-corrected chi connectivity index (χ4v) is 3.57. The van der Waals surface area contributed by atoms with Crippen LogP contribution in [0.2, 0.25) is 0 Å². The quantitative estimate of drug-likeness (QED) is 0.808. The molecule has 2 N–H and O–H groups in total. The molecule has 0 bridgehead atoms. The molecule has 1 fully saturated rings. The zero-order valence-corrected chi connectivity index (χ0v) is 14.4. The lowest BCUT2D eigenvalue weighted by Crippen LogP contribution is -2.46. The van der Waals surface area contributed by atoms with Crippen LogP contribution in [0.1, 0.15) is 57.4 Å². The fourth-order valence-electron chi connectivity index (χ4n) is 3.57. The summed E-state index contributed by atoms with van der Waals surface area (Å²) in [5.74, 6) is 0.141. The SMILES string of the molecule is CCN(C(=O)NCC(CC(C)O)c1ccccc1)C1CCCC1. The average Bonchev–Trinajstić information content (AvgIpc) is 3.07. The monoisotopic (exact) mass is 318 g/mol. The van der Waals surface area contributed by atoms with E-state index in [1.807, 2.05) is 30.0 Å².